The van der Waals surface area contributed by atoms with Crippen molar-refractivity contribution in [2.45, 2.75) is 13.3 Å². The predicted molar refractivity (Wildman–Crippen MR) is 79.0 cm³/mol. The second kappa shape index (κ2) is 4.94. The number of para-hydroxylation sites is 1. The highest BCUT2D eigenvalue weighted by Crippen LogP contribution is 2.24. The van der Waals surface area contributed by atoms with Gasteiger partial charge in [0, 0.05) is 12.0 Å². The predicted octanol–water partition coefficient (Wildman–Crippen LogP) is 4.01. The molecule has 19 heavy (non-hydrogen) atoms. The van der Waals surface area contributed by atoms with E-state index >= 15 is 0 Å². The monoisotopic (exact) mass is 267 g/mol. The van der Waals surface area contributed by atoms with Crippen molar-refractivity contribution in [3.63, 3.8) is 0 Å². The molecular weight excluding hydrogens is 254 g/mol. The topological polar surface area (TPSA) is 30.0 Å². The van der Waals surface area contributed by atoms with E-state index in [1.807, 2.05) is 43.3 Å². The fourth-order valence-corrected chi connectivity index (χ4v) is 3.14. The van der Waals surface area contributed by atoms with Gasteiger partial charge in [-0.1, -0.05) is 24.3 Å². The number of nitrogens with zero attached hydrogens (tertiary/aromatic N) is 1. The molecule has 0 spiro atoms. The zero-order valence-corrected chi connectivity index (χ0v) is 11.4. The molecule has 0 saturated heterocycles. The Labute approximate surface area is 115 Å². The summed E-state index contributed by atoms with van der Waals surface area (Å²) in [6.45, 7) is 2.04. The van der Waals surface area contributed by atoms with Crippen LogP contribution in [0.2, 0.25) is 0 Å². The normalized spacial score (nSPS) is 10.8. The molecule has 3 aromatic rings. The summed E-state index contributed by atoms with van der Waals surface area (Å²) in [5, 5.41) is 1.11. The van der Waals surface area contributed by atoms with E-state index in [2.05, 4.69) is 11.1 Å². The summed E-state index contributed by atoms with van der Waals surface area (Å²) in [7, 11) is 0. The molecule has 94 valence electrons. The summed E-state index contributed by atoms with van der Waals surface area (Å²) < 4.78 is 1.22. The number of carbonyl (C=O) groups excluding carboxylic acids is 1. The Balaban J connectivity index is 1.94. The van der Waals surface area contributed by atoms with Gasteiger partial charge in [0.05, 0.1) is 15.2 Å². The molecule has 0 aliphatic rings. The summed E-state index contributed by atoms with van der Waals surface area (Å²) in [4.78, 5) is 15.4. The van der Waals surface area contributed by atoms with Gasteiger partial charge >= 0.3 is 0 Å². The number of benzene rings is 2. The zero-order valence-electron chi connectivity index (χ0n) is 10.6. The molecule has 0 bridgehead atoms. The van der Waals surface area contributed by atoms with Crippen LogP contribution in [0.1, 0.15) is 26.5 Å². The lowest BCUT2D eigenvalue weighted by molar-refractivity contribution is 0.112. The maximum absolute atomic E-state index is 10.7. The Morgan fingerprint density at radius 2 is 2.05 bits per heavy atom. The van der Waals surface area contributed by atoms with Crippen molar-refractivity contribution in [3.05, 3.63) is 64.2 Å². The third-order valence-electron chi connectivity index (χ3n) is 3.18. The highest BCUT2D eigenvalue weighted by molar-refractivity contribution is 7.18. The summed E-state index contributed by atoms with van der Waals surface area (Å²) in [6, 6.07) is 14.0. The number of aryl methyl sites for hydroxylation is 1. The smallest absolute Gasteiger partial charge is 0.150 e. The molecule has 2 aromatic carbocycles. The Morgan fingerprint density at radius 1 is 1.21 bits per heavy atom. The number of thiazole rings is 1. The van der Waals surface area contributed by atoms with Crippen molar-refractivity contribution in [2.75, 3.05) is 0 Å². The molecule has 0 N–H and O–H groups in total. The molecule has 3 rings (SSSR count). The molecular formula is C16H13NOS. The first-order valence-electron chi connectivity index (χ1n) is 6.15. The lowest BCUT2D eigenvalue weighted by atomic mass is 10.0. The van der Waals surface area contributed by atoms with Crippen molar-refractivity contribution < 1.29 is 4.79 Å². The first kappa shape index (κ1) is 12.1. The van der Waals surface area contributed by atoms with Gasteiger partial charge in [0.25, 0.3) is 0 Å². The Morgan fingerprint density at radius 3 is 2.79 bits per heavy atom. The third-order valence-corrected chi connectivity index (χ3v) is 4.22. The average molecular weight is 267 g/mol. The van der Waals surface area contributed by atoms with Crippen molar-refractivity contribution in [1.82, 2.24) is 4.98 Å². The van der Waals surface area contributed by atoms with E-state index in [4.69, 9.17) is 0 Å². The SMILES string of the molecule is Cc1cc(C=O)ccc1Cc1nc2ccccc2s1. The van der Waals surface area contributed by atoms with E-state index in [1.54, 1.807) is 11.3 Å². The number of carbonyl (C=O) groups is 1. The molecule has 0 unspecified atom stereocenters. The van der Waals surface area contributed by atoms with Gasteiger partial charge in [0.2, 0.25) is 0 Å². The second-order valence-electron chi connectivity index (χ2n) is 4.56. The third kappa shape index (κ3) is 2.42. The minimum absolute atomic E-state index is 0.727. The molecule has 2 nitrogen and oxygen atoms in total. The van der Waals surface area contributed by atoms with E-state index in [-0.39, 0.29) is 0 Å². The number of aldehydes is 1. The molecule has 0 radical (unpaired) electrons. The number of hydrogen-bond acceptors (Lipinski definition) is 3. The minimum Gasteiger partial charge on any atom is -0.298 e. The molecule has 1 heterocycles. The highest BCUT2D eigenvalue weighted by atomic mass is 32.1. The molecule has 0 fully saturated rings. The van der Waals surface area contributed by atoms with E-state index in [9.17, 15) is 4.79 Å². The van der Waals surface area contributed by atoms with Gasteiger partial charge in [-0.25, -0.2) is 4.98 Å². The van der Waals surface area contributed by atoms with Crippen molar-refractivity contribution >= 4 is 27.8 Å². The molecule has 0 amide bonds. The van der Waals surface area contributed by atoms with E-state index in [0.717, 1.165) is 34.4 Å². The van der Waals surface area contributed by atoms with Gasteiger partial charge in [0.1, 0.15) is 6.29 Å². The molecule has 0 aliphatic heterocycles. The highest BCUT2D eigenvalue weighted by Gasteiger charge is 2.06. The van der Waals surface area contributed by atoms with Crippen LogP contribution in [0.5, 0.6) is 0 Å². The number of rotatable bonds is 3. The maximum Gasteiger partial charge on any atom is 0.150 e. The van der Waals surface area contributed by atoms with E-state index in [1.165, 1.54) is 10.3 Å². The molecule has 0 atom stereocenters. The van der Waals surface area contributed by atoms with Crippen LogP contribution < -0.4 is 0 Å². The van der Waals surface area contributed by atoms with Crippen LogP contribution in [0, 0.1) is 6.92 Å². The first-order valence-corrected chi connectivity index (χ1v) is 6.97. The Bertz CT molecular complexity index is 712. The summed E-state index contributed by atoms with van der Waals surface area (Å²) in [6.07, 6.45) is 1.71. The van der Waals surface area contributed by atoms with E-state index < -0.39 is 0 Å². The summed E-state index contributed by atoms with van der Waals surface area (Å²) in [5.41, 5.74) is 4.16. The van der Waals surface area contributed by atoms with E-state index in [0.29, 0.717) is 0 Å². The first-order chi connectivity index (χ1) is 9.26. The van der Waals surface area contributed by atoms with Crippen LogP contribution in [-0.2, 0) is 6.42 Å². The number of hydrogen-bond donors (Lipinski definition) is 0. The van der Waals surface area contributed by atoms with Gasteiger partial charge in [-0.2, -0.15) is 0 Å². The lowest BCUT2D eigenvalue weighted by Crippen LogP contribution is -1.92. The van der Waals surface area contributed by atoms with Crippen LogP contribution in [0.15, 0.2) is 42.5 Å². The Kier molecular flexibility index (Phi) is 3.13. The summed E-state index contributed by atoms with van der Waals surface area (Å²) >= 11 is 1.73. The number of aromatic nitrogens is 1. The lowest BCUT2D eigenvalue weighted by Gasteiger charge is -2.03. The van der Waals surface area contributed by atoms with Crippen LogP contribution >= 0.6 is 11.3 Å². The molecule has 0 aliphatic carbocycles. The van der Waals surface area contributed by atoms with Gasteiger partial charge in [-0.05, 0) is 36.2 Å². The molecule has 1 aromatic heterocycles. The summed E-state index contributed by atoms with van der Waals surface area (Å²) in [5.74, 6) is 0. The van der Waals surface area contributed by atoms with Gasteiger partial charge in [-0.3, -0.25) is 4.79 Å². The van der Waals surface area contributed by atoms with Crippen LogP contribution in [0.25, 0.3) is 10.2 Å². The largest absolute Gasteiger partial charge is 0.298 e. The van der Waals surface area contributed by atoms with Crippen molar-refractivity contribution in [1.29, 1.82) is 0 Å². The quantitative estimate of drug-likeness (QED) is 0.671. The van der Waals surface area contributed by atoms with Crippen LogP contribution in [0.3, 0.4) is 0 Å². The van der Waals surface area contributed by atoms with Gasteiger partial charge in [-0.15, -0.1) is 11.3 Å². The standard InChI is InChI=1S/C16H13NOS/c1-11-8-12(10-18)6-7-13(11)9-16-17-14-4-2-3-5-15(14)19-16/h2-8,10H,9H2,1H3. The minimum atomic E-state index is 0.727. The average Bonchev–Trinajstić information content (AvgIpc) is 2.83. The zero-order chi connectivity index (χ0) is 13.2. The Hall–Kier alpha value is -2.00. The number of fused-ring (bicyclic) bond motifs is 1. The molecule has 0 saturated carbocycles. The fourth-order valence-electron chi connectivity index (χ4n) is 2.15. The van der Waals surface area contributed by atoms with Crippen molar-refractivity contribution in [3.8, 4) is 0 Å². The van der Waals surface area contributed by atoms with Gasteiger partial charge < -0.3 is 0 Å². The van der Waals surface area contributed by atoms with Gasteiger partial charge in [0.15, 0.2) is 0 Å². The molecule has 3 heteroatoms. The van der Waals surface area contributed by atoms with Crippen molar-refractivity contribution in [2.24, 2.45) is 0 Å². The maximum atomic E-state index is 10.7. The van der Waals surface area contributed by atoms with Crippen LogP contribution in [-0.4, -0.2) is 11.3 Å². The second-order valence-corrected chi connectivity index (χ2v) is 5.67. The van der Waals surface area contributed by atoms with Crippen LogP contribution in [0.4, 0.5) is 0 Å². The fraction of sp³-hybridized carbons (Fsp3) is 0.125.